The van der Waals surface area contributed by atoms with Gasteiger partial charge in [-0.3, -0.25) is 4.79 Å². The van der Waals surface area contributed by atoms with Crippen LogP contribution in [0.4, 0.5) is 5.69 Å². The van der Waals surface area contributed by atoms with E-state index in [0.717, 1.165) is 0 Å². The lowest BCUT2D eigenvalue weighted by Gasteiger charge is -2.27. The number of rotatable bonds is 2. The smallest absolute Gasteiger partial charge is 0.255 e. The van der Waals surface area contributed by atoms with Crippen LogP contribution in [0.15, 0.2) is 48.0 Å². The summed E-state index contributed by atoms with van der Waals surface area (Å²) in [5.41, 5.74) is 2.23. The number of nitriles is 1. The molecule has 0 spiro atoms. The third-order valence-corrected chi connectivity index (χ3v) is 4.02. The van der Waals surface area contributed by atoms with Crippen LogP contribution in [0, 0.1) is 11.3 Å². The van der Waals surface area contributed by atoms with E-state index in [9.17, 15) is 10.1 Å². The van der Waals surface area contributed by atoms with Gasteiger partial charge in [-0.2, -0.15) is 5.26 Å². The second kappa shape index (κ2) is 6.33. The highest BCUT2D eigenvalue weighted by molar-refractivity contribution is 6.35. The van der Waals surface area contributed by atoms with Crippen molar-refractivity contribution in [3.8, 4) is 6.07 Å². The van der Waals surface area contributed by atoms with E-state index in [-0.39, 0.29) is 5.91 Å². The number of benzene rings is 2. The molecule has 2 N–H and O–H groups in total. The molecule has 2 aromatic rings. The Hall–Kier alpha value is -2.48. The summed E-state index contributed by atoms with van der Waals surface area (Å²) in [5, 5.41) is 16.3. The van der Waals surface area contributed by atoms with E-state index in [0.29, 0.717) is 32.4 Å². The Balaban J connectivity index is 1.95. The fraction of sp³-hybridized carbons (Fsp3) is 0.0588. The molecular weight excluding hydrogens is 333 g/mol. The summed E-state index contributed by atoms with van der Waals surface area (Å²) in [4.78, 5) is 12.1. The minimum atomic E-state index is -0.617. The zero-order valence-electron chi connectivity index (χ0n) is 11.8. The maximum atomic E-state index is 12.1. The second-order valence-electron chi connectivity index (χ2n) is 4.97. The molecule has 2 aromatic carbocycles. The number of amides is 1. The van der Waals surface area contributed by atoms with Crippen LogP contribution >= 0.6 is 23.2 Å². The fourth-order valence-electron chi connectivity index (χ4n) is 2.33. The third kappa shape index (κ3) is 3.16. The number of anilines is 1. The minimum absolute atomic E-state index is 0.229. The van der Waals surface area contributed by atoms with Gasteiger partial charge in [-0.05, 0) is 35.9 Å². The van der Waals surface area contributed by atoms with E-state index in [1.807, 2.05) is 6.07 Å². The van der Waals surface area contributed by atoms with Crippen molar-refractivity contribution >= 4 is 40.9 Å². The molecule has 4 nitrogen and oxygen atoms in total. The highest BCUT2D eigenvalue weighted by Crippen LogP contribution is 2.26. The summed E-state index contributed by atoms with van der Waals surface area (Å²) in [6, 6.07) is 14.3. The summed E-state index contributed by atoms with van der Waals surface area (Å²) < 4.78 is 0. The molecule has 1 heterocycles. The normalized spacial score (nSPS) is 16.8. The molecule has 0 saturated carbocycles. The molecular formula is C17H11Cl2N3O. The van der Waals surface area contributed by atoms with E-state index < -0.39 is 6.17 Å². The average Bonchev–Trinajstić information content (AvgIpc) is 2.54. The van der Waals surface area contributed by atoms with Crippen LogP contribution in [0.25, 0.3) is 6.08 Å². The van der Waals surface area contributed by atoms with Crippen molar-refractivity contribution in [2.24, 2.45) is 0 Å². The van der Waals surface area contributed by atoms with Gasteiger partial charge in [0.1, 0.15) is 6.17 Å². The van der Waals surface area contributed by atoms with Crippen molar-refractivity contribution in [2.45, 2.75) is 6.17 Å². The van der Waals surface area contributed by atoms with Gasteiger partial charge in [-0.25, -0.2) is 0 Å². The lowest BCUT2D eigenvalue weighted by Crippen LogP contribution is -2.45. The minimum Gasteiger partial charge on any atom is -0.360 e. The lowest BCUT2D eigenvalue weighted by molar-refractivity contribution is 0.0942. The highest BCUT2D eigenvalue weighted by Gasteiger charge is 2.25. The fourth-order valence-corrected chi connectivity index (χ4v) is 2.79. The van der Waals surface area contributed by atoms with Crippen LogP contribution in [0.3, 0.4) is 0 Å². The average molecular weight is 344 g/mol. The van der Waals surface area contributed by atoms with Gasteiger partial charge in [0.05, 0.1) is 17.2 Å². The number of carbonyl (C=O) groups excluding carboxylic acids is 1. The molecule has 1 aliphatic heterocycles. The molecule has 0 aromatic heterocycles. The predicted octanol–water partition coefficient (Wildman–Crippen LogP) is 4.08. The SMILES string of the molecule is N#C/C(=C\c1ccc(Cl)cc1Cl)C1NC(=O)c2ccccc2N1. The molecule has 1 unspecified atom stereocenters. The van der Waals surface area contributed by atoms with E-state index in [1.165, 1.54) is 0 Å². The number of carbonyl (C=O) groups is 1. The molecule has 114 valence electrons. The zero-order valence-corrected chi connectivity index (χ0v) is 13.3. The summed E-state index contributed by atoms with van der Waals surface area (Å²) in [7, 11) is 0. The molecule has 0 saturated heterocycles. The topological polar surface area (TPSA) is 64.9 Å². The molecule has 0 aliphatic carbocycles. The van der Waals surface area contributed by atoms with Crippen LogP contribution in [0.5, 0.6) is 0 Å². The Morgan fingerprint density at radius 3 is 2.70 bits per heavy atom. The molecule has 6 heteroatoms. The first-order chi connectivity index (χ1) is 11.1. The predicted molar refractivity (Wildman–Crippen MR) is 91.4 cm³/mol. The number of nitrogens with one attached hydrogen (secondary N) is 2. The lowest BCUT2D eigenvalue weighted by atomic mass is 10.0. The third-order valence-electron chi connectivity index (χ3n) is 3.46. The summed E-state index contributed by atoms with van der Waals surface area (Å²) >= 11 is 12.0. The van der Waals surface area contributed by atoms with Crippen LogP contribution in [0.1, 0.15) is 15.9 Å². The summed E-state index contributed by atoms with van der Waals surface area (Å²) in [5.74, 6) is -0.229. The molecule has 1 atom stereocenters. The summed E-state index contributed by atoms with van der Waals surface area (Å²) in [6.07, 6.45) is 1.01. The Bertz CT molecular complexity index is 855. The molecule has 0 bridgehead atoms. The van der Waals surface area contributed by atoms with Crippen molar-refractivity contribution < 1.29 is 4.79 Å². The van der Waals surface area contributed by atoms with Crippen molar-refractivity contribution in [3.05, 3.63) is 69.2 Å². The second-order valence-corrected chi connectivity index (χ2v) is 5.82. The number of para-hydroxylation sites is 1. The van der Waals surface area contributed by atoms with Crippen LogP contribution in [-0.4, -0.2) is 12.1 Å². The standard InChI is InChI=1S/C17H11Cl2N3O/c18-12-6-5-10(14(19)8-12)7-11(9-20)16-21-15-4-2-1-3-13(15)17(23)22-16/h1-8,16,21H,(H,22,23)/b11-7+. The van der Waals surface area contributed by atoms with Gasteiger partial charge in [0, 0.05) is 15.7 Å². The number of halogens is 2. The number of hydrogen-bond donors (Lipinski definition) is 2. The molecule has 0 fully saturated rings. The Morgan fingerprint density at radius 2 is 1.96 bits per heavy atom. The van der Waals surface area contributed by atoms with Gasteiger partial charge in [-0.15, -0.1) is 0 Å². The molecule has 1 amide bonds. The van der Waals surface area contributed by atoms with Gasteiger partial charge in [0.25, 0.3) is 5.91 Å². The van der Waals surface area contributed by atoms with Gasteiger partial charge < -0.3 is 10.6 Å². The largest absolute Gasteiger partial charge is 0.360 e. The maximum absolute atomic E-state index is 12.1. The van der Waals surface area contributed by atoms with Crippen LogP contribution in [0.2, 0.25) is 10.0 Å². The molecule has 23 heavy (non-hydrogen) atoms. The van der Waals surface area contributed by atoms with Crippen molar-refractivity contribution in [1.82, 2.24) is 5.32 Å². The number of nitrogens with zero attached hydrogens (tertiary/aromatic N) is 1. The van der Waals surface area contributed by atoms with E-state index >= 15 is 0 Å². The van der Waals surface area contributed by atoms with Gasteiger partial charge in [-0.1, -0.05) is 41.4 Å². The Labute approximate surface area is 143 Å². The number of fused-ring (bicyclic) bond motifs is 1. The zero-order chi connectivity index (χ0) is 16.4. The van der Waals surface area contributed by atoms with E-state index in [1.54, 1.807) is 42.5 Å². The van der Waals surface area contributed by atoms with Crippen LogP contribution < -0.4 is 10.6 Å². The van der Waals surface area contributed by atoms with Gasteiger partial charge >= 0.3 is 0 Å². The van der Waals surface area contributed by atoms with E-state index in [4.69, 9.17) is 23.2 Å². The highest BCUT2D eigenvalue weighted by atomic mass is 35.5. The monoisotopic (exact) mass is 343 g/mol. The number of hydrogen-bond acceptors (Lipinski definition) is 3. The Kier molecular flexibility index (Phi) is 4.24. The molecule has 1 aliphatic rings. The van der Waals surface area contributed by atoms with Crippen molar-refractivity contribution in [3.63, 3.8) is 0 Å². The summed E-state index contributed by atoms with van der Waals surface area (Å²) in [6.45, 7) is 0. The Morgan fingerprint density at radius 1 is 1.17 bits per heavy atom. The first-order valence-electron chi connectivity index (χ1n) is 6.81. The van der Waals surface area contributed by atoms with Gasteiger partial charge in [0.15, 0.2) is 0 Å². The quantitative estimate of drug-likeness (QED) is 0.807. The van der Waals surface area contributed by atoms with Crippen molar-refractivity contribution in [2.75, 3.05) is 5.32 Å². The first-order valence-corrected chi connectivity index (χ1v) is 7.57. The van der Waals surface area contributed by atoms with E-state index in [2.05, 4.69) is 16.7 Å². The van der Waals surface area contributed by atoms with Crippen molar-refractivity contribution in [1.29, 1.82) is 5.26 Å². The van der Waals surface area contributed by atoms with Crippen LogP contribution in [-0.2, 0) is 0 Å². The molecule has 0 radical (unpaired) electrons. The molecule has 3 rings (SSSR count). The maximum Gasteiger partial charge on any atom is 0.255 e. The van der Waals surface area contributed by atoms with Gasteiger partial charge in [0.2, 0.25) is 0 Å². The first kappa shape index (κ1) is 15.4.